The number of hydrogen-bond acceptors (Lipinski definition) is 9. The van der Waals surface area contributed by atoms with Gasteiger partial charge in [0.1, 0.15) is 24.2 Å². The highest BCUT2D eigenvalue weighted by Gasteiger charge is 2.35. The van der Waals surface area contributed by atoms with E-state index in [4.69, 9.17) is 0 Å². The quantitative estimate of drug-likeness (QED) is 0.108. The second-order valence-electron chi connectivity index (χ2n) is 14.1. The van der Waals surface area contributed by atoms with Crippen LogP contribution in [-0.2, 0) is 54.5 Å². The average molecular weight is 818 g/mol. The van der Waals surface area contributed by atoms with E-state index in [0.29, 0.717) is 21.6 Å². The van der Waals surface area contributed by atoms with Gasteiger partial charge in [-0.15, -0.1) is 11.3 Å². The Balaban J connectivity index is 1.37. The maximum atomic E-state index is 14.4. The van der Waals surface area contributed by atoms with Crippen LogP contribution in [0, 0.1) is 0 Å². The summed E-state index contributed by atoms with van der Waals surface area (Å²) < 4.78 is 0. The summed E-state index contributed by atoms with van der Waals surface area (Å²) in [4.78, 5) is 82.0. The molecule has 0 saturated carbocycles. The van der Waals surface area contributed by atoms with Gasteiger partial charge in [-0.3, -0.25) is 24.0 Å². The van der Waals surface area contributed by atoms with Crippen molar-refractivity contribution in [3.8, 4) is 11.1 Å². The molecule has 15 heteroatoms. The number of benzene rings is 4. The molecule has 0 radical (unpaired) electrons. The molecule has 14 nitrogen and oxygen atoms in total. The van der Waals surface area contributed by atoms with E-state index in [1.807, 2.05) is 42.5 Å². The van der Waals surface area contributed by atoms with E-state index >= 15 is 0 Å². The number of carbonyl (C=O) groups is 6. The Bertz CT molecular complexity index is 2240. The second-order valence-corrected chi connectivity index (χ2v) is 15.1. The monoisotopic (exact) mass is 817 g/mol. The maximum Gasteiger partial charge on any atom is 0.326 e. The molecule has 1 aromatic heterocycles. The van der Waals surface area contributed by atoms with Gasteiger partial charge in [0, 0.05) is 36.2 Å². The standard InChI is InChI=1S/C44H43N5O9S/c50-37-38(51)43(56)48-35(25-32-12-7-21-59-32)41(54)47-34(23-27-13-17-30(18-14-27)29-10-5-2-6-11-29)39(52)46-33(22-26-8-3-1-4-9-26)40(53)49-36(44(57)58)24-28-15-19-31(20-16-28)45-42(37)55/h1-21,33-38,50-51H,22-25H2,(H,45,55)(H,46,52)(H,47,54)(H,48,56)(H,49,53)(H,57,58)/t33-,34+,35-,36+,37-,38-/m1/s1. The molecule has 0 saturated heterocycles. The molecule has 5 aromatic rings. The fourth-order valence-electron chi connectivity index (χ4n) is 6.54. The van der Waals surface area contributed by atoms with E-state index in [1.165, 1.54) is 35.6 Å². The van der Waals surface area contributed by atoms with Crippen LogP contribution in [0.1, 0.15) is 21.6 Å². The van der Waals surface area contributed by atoms with Crippen molar-refractivity contribution in [2.24, 2.45) is 0 Å². The van der Waals surface area contributed by atoms with Crippen molar-refractivity contribution in [2.75, 3.05) is 5.32 Å². The lowest BCUT2D eigenvalue weighted by Gasteiger charge is -2.27. The SMILES string of the molecule is O=C(O)[C@@H]1Cc2ccc(cc2)NC(=O)[C@H](O)[C@@H](O)C(=O)N[C@H](Cc2cccs2)C(=O)N[C@@H](Cc2ccc(-c3ccccc3)cc2)C(=O)N[C@H](Cc2ccccc2)C(=O)N1. The van der Waals surface area contributed by atoms with Crippen molar-refractivity contribution in [1.29, 1.82) is 0 Å². The molecule has 304 valence electrons. The predicted octanol–water partition coefficient (Wildman–Crippen LogP) is 2.38. The van der Waals surface area contributed by atoms with Crippen LogP contribution in [0.25, 0.3) is 11.1 Å². The Kier molecular flexibility index (Phi) is 14.0. The van der Waals surface area contributed by atoms with Gasteiger partial charge in [0.2, 0.25) is 17.7 Å². The molecule has 2 aliphatic rings. The molecule has 2 aliphatic heterocycles. The van der Waals surface area contributed by atoms with Crippen molar-refractivity contribution < 1.29 is 44.1 Å². The van der Waals surface area contributed by atoms with Crippen LogP contribution in [0.2, 0.25) is 0 Å². The Hall–Kier alpha value is -6.68. The Morgan fingerprint density at radius 2 is 1.05 bits per heavy atom. The average Bonchev–Trinajstić information content (AvgIpc) is 3.76. The number of nitrogens with one attached hydrogen (secondary N) is 5. The van der Waals surface area contributed by atoms with E-state index in [1.54, 1.807) is 60.0 Å². The van der Waals surface area contributed by atoms with Gasteiger partial charge in [-0.1, -0.05) is 103 Å². The summed E-state index contributed by atoms with van der Waals surface area (Å²) in [6.07, 6.45) is -4.89. The number of aliphatic hydroxyl groups excluding tert-OH is 2. The first kappa shape index (κ1) is 41.9. The third-order valence-electron chi connectivity index (χ3n) is 9.78. The number of carboxylic acid groups (broad SMARTS) is 1. The fourth-order valence-corrected chi connectivity index (χ4v) is 7.30. The smallest absolute Gasteiger partial charge is 0.326 e. The molecular formula is C44H43N5O9S. The number of hydrogen-bond donors (Lipinski definition) is 8. The molecule has 0 unspecified atom stereocenters. The second kappa shape index (κ2) is 19.7. The first-order valence-electron chi connectivity index (χ1n) is 18.8. The highest BCUT2D eigenvalue weighted by Crippen LogP contribution is 2.21. The largest absolute Gasteiger partial charge is 0.480 e. The molecule has 6 atom stereocenters. The molecule has 59 heavy (non-hydrogen) atoms. The number of rotatable bonds is 8. The van der Waals surface area contributed by atoms with Gasteiger partial charge in [0.15, 0.2) is 12.2 Å². The zero-order chi connectivity index (χ0) is 41.9. The van der Waals surface area contributed by atoms with Crippen LogP contribution in [0.15, 0.2) is 127 Å². The number of amides is 5. The number of carboxylic acids is 1. The van der Waals surface area contributed by atoms with Gasteiger partial charge in [-0.05, 0) is 51.4 Å². The van der Waals surface area contributed by atoms with Gasteiger partial charge < -0.3 is 41.9 Å². The molecular weight excluding hydrogens is 775 g/mol. The third kappa shape index (κ3) is 11.5. The van der Waals surface area contributed by atoms with E-state index in [2.05, 4.69) is 26.6 Å². The number of carbonyl (C=O) groups excluding carboxylic acids is 5. The number of aliphatic carboxylic acids is 1. The molecule has 0 spiro atoms. The summed E-state index contributed by atoms with van der Waals surface area (Å²) in [5.74, 6) is -6.08. The summed E-state index contributed by atoms with van der Waals surface area (Å²) >= 11 is 1.29. The first-order valence-corrected chi connectivity index (χ1v) is 19.7. The molecule has 7 rings (SSSR count). The van der Waals surface area contributed by atoms with Crippen LogP contribution >= 0.6 is 11.3 Å². The third-order valence-corrected chi connectivity index (χ3v) is 10.7. The van der Waals surface area contributed by atoms with Crippen molar-refractivity contribution in [2.45, 2.75) is 62.1 Å². The fraction of sp³-hybridized carbons (Fsp3) is 0.227. The van der Waals surface area contributed by atoms with E-state index in [-0.39, 0.29) is 31.4 Å². The Labute approximate surface area is 343 Å². The summed E-state index contributed by atoms with van der Waals surface area (Å²) in [5.41, 5.74) is 3.80. The van der Waals surface area contributed by atoms with Gasteiger partial charge in [0.25, 0.3) is 11.8 Å². The van der Waals surface area contributed by atoms with Crippen molar-refractivity contribution in [1.82, 2.24) is 21.3 Å². The van der Waals surface area contributed by atoms with E-state index in [9.17, 15) is 44.1 Å². The lowest BCUT2D eigenvalue weighted by Crippen LogP contribution is -2.60. The summed E-state index contributed by atoms with van der Waals surface area (Å²) in [6.45, 7) is 0. The number of aliphatic hydroxyl groups is 2. The summed E-state index contributed by atoms with van der Waals surface area (Å²) in [5, 5.41) is 46.3. The number of fused-ring (bicyclic) bond motifs is 18. The van der Waals surface area contributed by atoms with Crippen LogP contribution < -0.4 is 26.6 Å². The van der Waals surface area contributed by atoms with Gasteiger partial charge in [-0.25, -0.2) is 4.79 Å². The number of thiophene rings is 1. The van der Waals surface area contributed by atoms with E-state index < -0.39 is 71.9 Å². The number of anilines is 1. The first-order chi connectivity index (χ1) is 28.4. The van der Waals surface area contributed by atoms with E-state index in [0.717, 1.165) is 11.1 Å². The molecule has 2 bridgehead atoms. The normalized spacial score (nSPS) is 22.2. The van der Waals surface area contributed by atoms with Crippen molar-refractivity contribution in [3.05, 3.63) is 148 Å². The van der Waals surface area contributed by atoms with Crippen LogP contribution in [0.4, 0.5) is 5.69 Å². The zero-order valence-electron chi connectivity index (χ0n) is 31.6. The topological polar surface area (TPSA) is 223 Å². The minimum Gasteiger partial charge on any atom is -0.480 e. The minimum absolute atomic E-state index is 0.0249. The molecule has 0 aliphatic carbocycles. The van der Waals surface area contributed by atoms with Crippen LogP contribution in [-0.4, -0.2) is 87.2 Å². The summed E-state index contributed by atoms with van der Waals surface area (Å²) in [7, 11) is 0. The Morgan fingerprint density at radius 3 is 1.63 bits per heavy atom. The molecule has 3 heterocycles. The van der Waals surface area contributed by atoms with Gasteiger partial charge >= 0.3 is 5.97 Å². The van der Waals surface area contributed by atoms with Crippen LogP contribution in [0.3, 0.4) is 0 Å². The van der Waals surface area contributed by atoms with Crippen molar-refractivity contribution in [3.63, 3.8) is 0 Å². The highest BCUT2D eigenvalue weighted by molar-refractivity contribution is 7.09. The lowest BCUT2D eigenvalue weighted by atomic mass is 9.99. The van der Waals surface area contributed by atoms with Gasteiger partial charge in [0.05, 0.1) is 0 Å². The lowest BCUT2D eigenvalue weighted by molar-refractivity contribution is -0.145. The highest BCUT2D eigenvalue weighted by atomic mass is 32.1. The molecule has 0 fully saturated rings. The van der Waals surface area contributed by atoms with Crippen LogP contribution in [0.5, 0.6) is 0 Å². The zero-order valence-corrected chi connectivity index (χ0v) is 32.4. The van der Waals surface area contributed by atoms with Gasteiger partial charge in [-0.2, -0.15) is 0 Å². The molecule has 8 N–H and O–H groups in total. The maximum absolute atomic E-state index is 14.4. The summed E-state index contributed by atoms with van der Waals surface area (Å²) in [6, 6.07) is 29.6. The predicted molar refractivity (Wildman–Crippen MR) is 220 cm³/mol. The molecule has 5 amide bonds. The Morgan fingerprint density at radius 1 is 0.542 bits per heavy atom. The molecule has 4 aromatic carbocycles. The minimum atomic E-state index is -2.30. The van der Waals surface area contributed by atoms with Crippen molar-refractivity contribution >= 4 is 52.5 Å².